The largest absolute Gasteiger partial charge is 0.332 e. The van der Waals surface area contributed by atoms with Crippen molar-refractivity contribution >= 4 is 40.2 Å². The molecule has 2 aromatic rings. The summed E-state index contributed by atoms with van der Waals surface area (Å²) in [6, 6.07) is 17.8. The summed E-state index contributed by atoms with van der Waals surface area (Å²) < 4.78 is 0. The zero-order chi connectivity index (χ0) is 13.7. The lowest BCUT2D eigenvalue weighted by molar-refractivity contribution is 1.40. The summed E-state index contributed by atoms with van der Waals surface area (Å²) in [6.45, 7) is 2.05. The van der Waals surface area contributed by atoms with E-state index in [9.17, 15) is 0 Å². The molecule has 19 heavy (non-hydrogen) atoms. The molecule has 2 rings (SSSR count). The van der Waals surface area contributed by atoms with Crippen LogP contribution in [0.2, 0.25) is 0 Å². The molecule has 0 unspecified atom stereocenters. The quantitative estimate of drug-likeness (QED) is 0.823. The third-order valence-corrected chi connectivity index (χ3v) is 3.11. The van der Waals surface area contributed by atoms with Gasteiger partial charge in [-0.3, -0.25) is 0 Å². The Morgan fingerprint density at radius 3 is 2.16 bits per heavy atom. The van der Waals surface area contributed by atoms with Gasteiger partial charge in [0.25, 0.3) is 0 Å². The van der Waals surface area contributed by atoms with Crippen LogP contribution in [-0.4, -0.2) is 10.1 Å². The number of nitrogens with one attached hydrogen (secondary N) is 2. The maximum Gasteiger partial charge on any atom is 0.175 e. The zero-order valence-corrected chi connectivity index (χ0v) is 12.1. The van der Waals surface area contributed by atoms with Gasteiger partial charge < -0.3 is 10.6 Å². The molecule has 96 valence electrons. The molecule has 0 aliphatic rings. The number of rotatable bonds is 2. The molecule has 0 radical (unpaired) electrons. The maximum atomic E-state index is 5.30. The van der Waals surface area contributed by atoms with Crippen LogP contribution in [0.25, 0.3) is 0 Å². The average molecular weight is 286 g/mol. The van der Waals surface area contributed by atoms with Gasteiger partial charge in [-0.05, 0) is 31.3 Å². The number of aryl methyl sites for hydroxylation is 1. The van der Waals surface area contributed by atoms with E-state index < -0.39 is 0 Å². The Bertz CT molecular complexity index is 577. The lowest BCUT2D eigenvalue weighted by Crippen LogP contribution is -2.33. The molecule has 2 nitrogen and oxygen atoms in total. The van der Waals surface area contributed by atoms with Crippen molar-refractivity contribution in [2.75, 3.05) is 5.32 Å². The second kappa shape index (κ2) is 6.41. The first-order chi connectivity index (χ1) is 9.15. The van der Waals surface area contributed by atoms with Crippen molar-refractivity contribution < 1.29 is 0 Å². The highest BCUT2D eigenvalue weighted by Crippen LogP contribution is 2.08. The molecule has 0 saturated heterocycles. The molecule has 2 N–H and O–H groups in total. The van der Waals surface area contributed by atoms with Gasteiger partial charge in [-0.1, -0.05) is 60.2 Å². The second-order valence-electron chi connectivity index (χ2n) is 4.14. The molecule has 0 aromatic heterocycles. The normalized spacial score (nSPS) is 9.74. The number of benzene rings is 2. The Morgan fingerprint density at radius 2 is 1.53 bits per heavy atom. The highest BCUT2D eigenvalue weighted by Gasteiger charge is 2.03. The lowest BCUT2D eigenvalue weighted by Gasteiger charge is -2.11. The Morgan fingerprint density at radius 1 is 0.895 bits per heavy atom. The fraction of sp³-hybridized carbons (Fsp3) is 0.0667. The van der Waals surface area contributed by atoms with Crippen molar-refractivity contribution in [2.24, 2.45) is 0 Å². The van der Waals surface area contributed by atoms with E-state index in [4.69, 9.17) is 24.4 Å². The Labute approximate surface area is 123 Å². The van der Waals surface area contributed by atoms with Crippen LogP contribution in [0.4, 0.5) is 5.69 Å². The molecule has 0 bridgehead atoms. The molecular weight excluding hydrogens is 272 g/mol. The molecule has 0 aliphatic carbocycles. The molecule has 0 fully saturated rings. The van der Waals surface area contributed by atoms with Gasteiger partial charge in [-0.25, -0.2) is 0 Å². The first-order valence-corrected chi connectivity index (χ1v) is 6.71. The van der Waals surface area contributed by atoms with E-state index in [-0.39, 0.29) is 0 Å². The third-order valence-electron chi connectivity index (χ3n) is 2.57. The summed E-state index contributed by atoms with van der Waals surface area (Å²) in [6.07, 6.45) is 0. The van der Waals surface area contributed by atoms with Gasteiger partial charge in [-0.2, -0.15) is 0 Å². The van der Waals surface area contributed by atoms with E-state index in [2.05, 4.69) is 10.6 Å². The Balaban J connectivity index is 1.95. The second-order valence-corrected chi connectivity index (χ2v) is 4.96. The molecule has 0 atom stereocenters. The fourth-order valence-electron chi connectivity index (χ4n) is 1.56. The van der Waals surface area contributed by atoms with Crippen LogP contribution in [-0.2, 0) is 0 Å². The minimum Gasteiger partial charge on any atom is -0.332 e. The van der Waals surface area contributed by atoms with Crippen LogP contribution in [0.15, 0.2) is 54.6 Å². The van der Waals surface area contributed by atoms with Crippen molar-refractivity contribution in [1.29, 1.82) is 0 Å². The summed E-state index contributed by atoms with van der Waals surface area (Å²) in [5.41, 5.74) is 3.11. The predicted octanol–water partition coefficient (Wildman–Crippen LogP) is 3.66. The first kappa shape index (κ1) is 13.6. The van der Waals surface area contributed by atoms with E-state index in [0.717, 1.165) is 11.3 Å². The minimum atomic E-state index is 0.498. The third kappa shape index (κ3) is 4.12. The monoisotopic (exact) mass is 286 g/mol. The molecule has 0 aliphatic heterocycles. The summed E-state index contributed by atoms with van der Waals surface area (Å²) in [5, 5.41) is 6.61. The van der Waals surface area contributed by atoms with Crippen molar-refractivity contribution in [2.45, 2.75) is 6.92 Å². The molecule has 0 amide bonds. The number of hydrogen-bond acceptors (Lipinski definition) is 2. The molecular formula is C15H14N2S2. The van der Waals surface area contributed by atoms with Crippen molar-refractivity contribution in [3.05, 3.63) is 65.7 Å². The summed E-state index contributed by atoms with van der Waals surface area (Å²) in [5.74, 6) is 0. The van der Waals surface area contributed by atoms with Crippen LogP contribution in [0.3, 0.4) is 0 Å². The van der Waals surface area contributed by atoms with Crippen LogP contribution < -0.4 is 10.6 Å². The lowest BCUT2D eigenvalue weighted by atomic mass is 10.2. The van der Waals surface area contributed by atoms with Crippen LogP contribution in [0.5, 0.6) is 0 Å². The van der Waals surface area contributed by atoms with Gasteiger partial charge in [-0.15, -0.1) is 0 Å². The molecule has 4 heteroatoms. The molecule has 0 spiro atoms. The van der Waals surface area contributed by atoms with Gasteiger partial charge in [0.15, 0.2) is 5.11 Å². The standard InChI is InChI=1S/C15H14N2S2/c1-11-7-9-13(10-8-11)16-15(19)17-14(18)12-5-3-2-4-6-12/h2-10H,1H3,(H2,16,17,18,19). The Kier molecular flexibility index (Phi) is 4.60. The van der Waals surface area contributed by atoms with Crippen molar-refractivity contribution in [3.8, 4) is 0 Å². The van der Waals surface area contributed by atoms with Crippen molar-refractivity contribution in [3.63, 3.8) is 0 Å². The van der Waals surface area contributed by atoms with E-state index in [1.807, 2.05) is 61.5 Å². The smallest absolute Gasteiger partial charge is 0.175 e. The minimum absolute atomic E-state index is 0.498. The van der Waals surface area contributed by atoms with Crippen LogP contribution in [0.1, 0.15) is 11.1 Å². The molecule has 0 saturated carbocycles. The highest BCUT2D eigenvalue weighted by molar-refractivity contribution is 7.82. The average Bonchev–Trinajstić information content (AvgIpc) is 2.42. The predicted molar refractivity (Wildman–Crippen MR) is 88.7 cm³/mol. The number of hydrogen-bond donors (Lipinski definition) is 2. The Hall–Kier alpha value is -1.78. The number of anilines is 1. The maximum absolute atomic E-state index is 5.30. The van der Waals surface area contributed by atoms with Gasteiger partial charge >= 0.3 is 0 Å². The van der Waals surface area contributed by atoms with Gasteiger partial charge in [0.05, 0.1) is 0 Å². The van der Waals surface area contributed by atoms with Crippen molar-refractivity contribution in [1.82, 2.24) is 5.32 Å². The fourth-order valence-corrected chi connectivity index (χ4v) is 2.09. The summed E-state index contributed by atoms with van der Waals surface area (Å²) >= 11 is 10.5. The summed E-state index contributed by atoms with van der Waals surface area (Å²) in [4.78, 5) is 0.616. The first-order valence-electron chi connectivity index (χ1n) is 5.89. The van der Waals surface area contributed by atoms with Gasteiger partial charge in [0.1, 0.15) is 4.99 Å². The SMILES string of the molecule is Cc1ccc(NC(=S)NC(=S)c2ccccc2)cc1. The van der Waals surface area contributed by atoms with E-state index in [1.165, 1.54) is 5.56 Å². The van der Waals surface area contributed by atoms with Gasteiger partial charge in [0.2, 0.25) is 0 Å². The number of thiocarbonyl (C=S) groups is 2. The van der Waals surface area contributed by atoms with E-state index in [0.29, 0.717) is 10.1 Å². The zero-order valence-electron chi connectivity index (χ0n) is 10.5. The van der Waals surface area contributed by atoms with E-state index >= 15 is 0 Å². The topological polar surface area (TPSA) is 24.1 Å². The van der Waals surface area contributed by atoms with Crippen LogP contribution >= 0.6 is 24.4 Å². The molecule has 0 heterocycles. The van der Waals surface area contributed by atoms with E-state index in [1.54, 1.807) is 0 Å². The highest BCUT2D eigenvalue weighted by atomic mass is 32.1. The summed E-state index contributed by atoms with van der Waals surface area (Å²) in [7, 11) is 0. The molecule has 2 aromatic carbocycles. The van der Waals surface area contributed by atoms with Crippen LogP contribution in [0, 0.1) is 6.92 Å². The van der Waals surface area contributed by atoms with Gasteiger partial charge in [0, 0.05) is 11.3 Å².